The van der Waals surface area contributed by atoms with Gasteiger partial charge in [-0.25, -0.2) is 9.97 Å². The average molecular weight is 282 g/mol. The zero-order valence-corrected chi connectivity index (χ0v) is 10.9. The number of pyridine rings is 1. The van der Waals surface area contributed by atoms with Crippen molar-refractivity contribution in [3.8, 4) is 11.3 Å². The van der Waals surface area contributed by atoms with Crippen molar-refractivity contribution < 1.29 is 9.18 Å². The van der Waals surface area contributed by atoms with E-state index < -0.39 is 11.9 Å². The van der Waals surface area contributed by atoms with E-state index in [-0.39, 0.29) is 5.56 Å². The van der Waals surface area contributed by atoms with Gasteiger partial charge in [0.1, 0.15) is 0 Å². The average Bonchev–Trinajstić information content (AvgIpc) is 3.02. The molecule has 0 spiro atoms. The van der Waals surface area contributed by atoms with Gasteiger partial charge in [-0.05, 0) is 29.8 Å². The molecule has 0 saturated carbocycles. The van der Waals surface area contributed by atoms with E-state index in [9.17, 15) is 9.18 Å². The van der Waals surface area contributed by atoms with Crippen molar-refractivity contribution in [2.75, 3.05) is 5.32 Å². The van der Waals surface area contributed by atoms with Crippen molar-refractivity contribution in [3.05, 3.63) is 66.6 Å². The van der Waals surface area contributed by atoms with E-state index in [4.69, 9.17) is 0 Å². The van der Waals surface area contributed by atoms with Crippen LogP contribution in [0.5, 0.6) is 0 Å². The fraction of sp³-hybridized carbons (Fsp3) is 0. The van der Waals surface area contributed by atoms with E-state index in [0.29, 0.717) is 5.69 Å². The van der Waals surface area contributed by atoms with Gasteiger partial charge in [0.05, 0.1) is 23.8 Å². The molecule has 6 heteroatoms. The Morgan fingerprint density at radius 2 is 2.00 bits per heavy atom. The molecule has 5 nitrogen and oxygen atoms in total. The number of anilines is 1. The minimum Gasteiger partial charge on any atom is -0.345 e. The lowest BCUT2D eigenvalue weighted by atomic mass is 10.1. The molecular formula is C15H11FN4O. The van der Waals surface area contributed by atoms with Gasteiger partial charge in [-0.2, -0.15) is 4.39 Å². The Morgan fingerprint density at radius 3 is 2.67 bits per heavy atom. The quantitative estimate of drug-likeness (QED) is 0.726. The van der Waals surface area contributed by atoms with Crippen LogP contribution in [-0.2, 0) is 0 Å². The van der Waals surface area contributed by atoms with Gasteiger partial charge in [-0.1, -0.05) is 12.1 Å². The topological polar surface area (TPSA) is 70.7 Å². The van der Waals surface area contributed by atoms with Crippen LogP contribution in [0.2, 0.25) is 0 Å². The summed E-state index contributed by atoms with van der Waals surface area (Å²) in [5, 5.41) is 2.63. The van der Waals surface area contributed by atoms with Crippen molar-refractivity contribution in [2.24, 2.45) is 0 Å². The van der Waals surface area contributed by atoms with Gasteiger partial charge >= 0.3 is 0 Å². The third-order valence-corrected chi connectivity index (χ3v) is 2.96. The van der Waals surface area contributed by atoms with Crippen LogP contribution in [0.1, 0.15) is 10.4 Å². The highest BCUT2D eigenvalue weighted by molar-refractivity contribution is 6.04. The summed E-state index contributed by atoms with van der Waals surface area (Å²) in [6.45, 7) is 0. The van der Waals surface area contributed by atoms with E-state index in [0.717, 1.165) is 11.3 Å². The summed E-state index contributed by atoms with van der Waals surface area (Å²) in [7, 11) is 0. The highest BCUT2D eigenvalue weighted by atomic mass is 19.1. The Hall–Kier alpha value is -3.02. The molecule has 0 radical (unpaired) electrons. The highest BCUT2D eigenvalue weighted by Crippen LogP contribution is 2.19. The number of benzene rings is 1. The first-order valence-electron chi connectivity index (χ1n) is 6.25. The predicted molar refractivity (Wildman–Crippen MR) is 76.2 cm³/mol. The van der Waals surface area contributed by atoms with E-state index in [1.54, 1.807) is 24.7 Å². The standard InChI is InChI=1S/C15H11FN4O/c16-14-12(2-1-7-18-14)15(21)20-11-5-3-10(4-6-11)13-8-17-9-19-13/h1-9H,(H,17,19)(H,20,21). The zero-order chi connectivity index (χ0) is 14.7. The second-order valence-corrected chi connectivity index (χ2v) is 4.34. The fourth-order valence-corrected chi connectivity index (χ4v) is 1.90. The van der Waals surface area contributed by atoms with E-state index in [1.807, 2.05) is 12.1 Å². The van der Waals surface area contributed by atoms with E-state index in [2.05, 4.69) is 20.3 Å². The van der Waals surface area contributed by atoms with Crippen molar-refractivity contribution >= 4 is 11.6 Å². The second kappa shape index (κ2) is 5.54. The number of aromatic nitrogens is 3. The van der Waals surface area contributed by atoms with Crippen molar-refractivity contribution in [3.63, 3.8) is 0 Å². The number of nitrogens with zero attached hydrogens (tertiary/aromatic N) is 2. The van der Waals surface area contributed by atoms with Gasteiger partial charge in [0, 0.05) is 11.9 Å². The monoisotopic (exact) mass is 282 g/mol. The van der Waals surface area contributed by atoms with Gasteiger partial charge < -0.3 is 10.3 Å². The van der Waals surface area contributed by atoms with Crippen molar-refractivity contribution in [1.82, 2.24) is 15.0 Å². The molecule has 0 saturated heterocycles. The normalized spacial score (nSPS) is 10.3. The number of amides is 1. The van der Waals surface area contributed by atoms with Crippen LogP contribution in [0.3, 0.4) is 0 Å². The lowest BCUT2D eigenvalue weighted by molar-refractivity contribution is 0.102. The minimum atomic E-state index is -0.788. The number of carbonyl (C=O) groups excluding carboxylic acids is 1. The second-order valence-electron chi connectivity index (χ2n) is 4.34. The number of hydrogen-bond donors (Lipinski definition) is 2. The van der Waals surface area contributed by atoms with Crippen LogP contribution >= 0.6 is 0 Å². The van der Waals surface area contributed by atoms with Crippen LogP contribution in [0.15, 0.2) is 55.1 Å². The van der Waals surface area contributed by atoms with Crippen LogP contribution in [-0.4, -0.2) is 20.9 Å². The van der Waals surface area contributed by atoms with Crippen LogP contribution in [0, 0.1) is 5.95 Å². The summed E-state index contributed by atoms with van der Waals surface area (Å²) in [6.07, 6.45) is 4.60. The molecule has 0 aliphatic rings. The van der Waals surface area contributed by atoms with Crippen molar-refractivity contribution in [1.29, 1.82) is 0 Å². The Labute approximate surface area is 119 Å². The molecule has 3 rings (SSSR count). The molecule has 104 valence electrons. The zero-order valence-electron chi connectivity index (χ0n) is 10.9. The predicted octanol–water partition coefficient (Wildman–Crippen LogP) is 2.86. The number of aromatic amines is 1. The minimum absolute atomic E-state index is 0.0878. The molecule has 1 amide bonds. The molecule has 21 heavy (non-hydrogen) atoms. The number of carbonyl (C=O) groups is 1. The number of halogens is 1. The molecule has 0 bridgehead atoms. The lowest BCUT2D eigenvalue weighted by Gasteiger charge is -2.06. The fourth-order valence-electron chi connectivity index (χ4n) is 1.90. The van der Waals surface area contributed by atoms with Crippen LogP contribution in [0.4, 0.5) is 10.1 Å². The first-order valence-corrected chi connectivity index (χ1v) is 6.25. The molecule has 2 aromatic heterocycles. The first-order chi connectivity index (χ1) is 10.2. The Balaban J connectivity index is 1.77. The molecular weight excluding hydrogens is 271 g/mol. The van der Waals surface area contributed by atoms with Crippen molar-refractivity contribution in [2.45, 2.75) is 0 Å². The molecule has 0 atom stereocenters. The van der Waals surface area contributed by atoms with E-state index >= 15 is 0 Å². The lowest BCUT2D eigenvalue weighted by Crippen LogP contribution is -2.14. The largest absolute Gasteiger partial charge is 0.345 e. The number of imidazole rings is 1. The smallest absolute Gasteiger partial charge is 0.260 e. The third-order valence-electron chi connectivity index (χ3n) is 2.96. The molecule has 2 N–H and O–H groups in total. The molecule has 0 fully saturated rings. The molecule has 0 unspecified atom stereocenters. The molecule has 0 aliphatic heterocycles. The maximum absolute atomic E-state index is 13.4. The van der Waals surface area contributed by atoms with Crippen LogP contribution < -0.4 is 5.32 Å². The van der Waals surface area contributed by atoms with Gasteiger partial charge in [0.25, 0.3) is 5.91 Å². The van der Waals surface area contributed by atoms with Gasteiger partial charge in [0.15, 0.2) is 0 Å². The number of hydrogen-bond acceptors (Lipinski definition) is 3. The highest BCUT2D eigenvalue weighted by Gasteiger charge is 2.12. The number of nitrogens with one attached hydrogen (secondary N) is 2. The number of H-pyrrole nitrogens is 1. The van der Waals surface area contributed by atoms with Crippen LogP contribution in [0.25, 0.3) is 11.3 Å². The summed E-state index contributed by atoms with van der Waals surface area (Å²) >= 11 is 0. The molecule has 0 aliphatic carbocycles. The Kier molecular flexibility index (Phi) is 3.42. The summed E-state index contributed by atoms with van der Waals surface area (Å²) in [5.74, 6) is -1.32. The van der Waals surface area contributed by atoms with Gasteiger partial charge in [0.2, 0.25) is 5.95 Å². The first kappa shape index (κ1) is 13.0. The summed E-state index contributed by atoms with van der Waals surface area (Å²) in [5.41, 5.74) is 2.31. The number of rotatable bonds is 3. The Morgan fingerprint density at radius 1 is 1.19 bits per heavy atom. The maximum atomic E-state index is 13.4. The Bertz CT molecular complexity index is 754. The summed E-state index contributed by atoms with van der Waals surface area (Å²) in [6, 6.07) is 10.0. The third kappa shape index (κ3) is 2.79. The molecule has 1 aromatic carbocycles. The summed E-state index contributed by atoms with van der Waals surface area (Å²) in [4.78, 5) is 22.3. The SMILES string of the molecule is O=C(Nc1ccc(-c2cnc[nH]2)cc1)c1cccnc1F. The van der Waals surface area contributed by atoms with Gasteiger partial charge in [-0.15, -0.1) is 0 Å². The summed E-state index contributed by atoms with van der Waals surface area (Å²) < 4.78 is 13.4. The molecule has 2 heterocycles. The van der Waals surface area contributed by atoms with E-state index in [1.165, 1.54) is 18.3 Å². The molecule has 3 aromatic rings. The maximum Gasteiger partial charge on any atom is 0.260 e. The van der Waals surface area contributed by atoms with Gasteiger partial charge in [-0.3, -0.25) is 4.79 Å².